The summed E-state index contributed by atoms with van der Waals surface area (Å²) in [5, 5.41) is 0.757. The summed E-state index contributed by atoms with van der Waals surface area (Å²) in [6.07, 6.45) is 1.68. The zero-order valence-electron chi connectivity index (χ0n) is 8.16. The maximum Gasteiger partial charge on any atom is 0.136 e. The molecule has 0 amide bonds. The predicted octanol–water partition coefficient (Wildman–Crippen LogP) is 3.42. The number of benzene rings is 1. The van der Waals surface area contributed by atoms with Crippen molar-refractivity contribution >= 4 is 17.4 Å². The summed E-state index contributed by atoms with van der Waals surface area (Å²) >= 11 is 5.80. The van der Waals surface area contributed by atoms with E-state index in [0.717, 1.165) is 11.4 Å². The van der Waals surface area contributed by atoms with Gasteiger partial charge in [0, 0.05) is 17.4 Å². The molecule has 0 bridgehead atoms. The summed E-state index contributed by atoms with van der Waals surface area (Å²) in [6.45, 7) is 1.93. The van der Waals surface area contributed by atoms with Crippen LogP contribution in [0.1, 0.15) is 31.2 Å². The van der Waals surface area contributed by atoms with Crippen molar-refractivity contribution in [2.75, 3.05) is 0 Å². The number of rotatable bonds is 3. The van der Waals surface area contributed by atoms with Crippen molar-refractivity contribution in [1.29, 1.82) is 0 Å². The SMILES string of the molecule is CCC(=O)C1CC1c1ccc(Cl)cc1. The van der Waals surface area contributed by atoms with Crippen molar-refractivity contribution < 1.29 is 4.79 Å². The Balaban J connectivity index is 2.06. The van der Waals surface area contributed by atoms with Gasteiger partial charge in [0.1, 0.15) is 5.78 Å². The molecule has 0 spiro atoms. The van der Waals surface area contributed by atoms with Crippen LogP contribution in [-0.2, 0) is 4.79 Å². The van der Waals surface area contributed by atoms with Gasteiger partial charge < -0.3 is 0 Å². The van der Waals surface area contributed by atoms with E-state index in [4.69, 9.17) is 11.6 Å². The molecule has 14 heavy (non-hydrogen) atoms. The predicted molar refractivity (Wildman–Crippen MR) is 57.6 cm³/mol. The standard InChI is InChI=1S/C12H13ClO/c1-2-12(14)11-7-10(11)8-3-5-9(13)6-4-8/h3-6,10-11H,2,7H2,1H3. The van der Waals surface area contributed by atoms with E-state index < -0.39 is 0 Å². The van der Waals surface area contributed by atoms with E-state index in [2.05, 4.69) is 0 Å². The lowest BCUT2D eigenvalue weighted by Gasteiger charge is -1.99. The van der Waals surface area contributed by atoms with Gasteiger partial charge in [0.25, 0.3) is 0 Å². The maximum absolute atomic E-state index is 11.4. The Labute approximate surface area is 89.1 Å². The Bertz CT molecular complexity index is 342. The molecular formula is C12H13ClO. The van der Waals surface area contributed by atoms with Crippen molar-refractivity contribution in [1.82, 2.24) is 0 Å². The van der Waals surface area contributed by atoms with Crippen LogP contribution in [0.5, 0.6) is 0 Å². The van der Waals surface area contributed by atoms with Gasteiger partial charge in [-0.3, -0.25) is 4.79 Å². The fourth-order valence-electron chi connectivity index (χ4n) is 1.89. The van der Waals surface area contributed by atoms with Gasteiger partial charge in [-0.1, -0.05) is 30.7 Å². The lowest BCUT2D eigenvalue weighted by atomic mass is 10.1. The van der Waals surface area contributed by atoms with Crippen LogP contribution in [0.25, 0.3) is 0 Å². The molecule has 2 atom stereocenters. The molecule has 1 aliphatic carbocycles. The second-order valence-corrected chi connectivity index (χ2v) is 4.26. The second-order valence-electron chi connectivity index (χ2n) is 3.82. The Hall–Kier alpha value is -0.820. The Morgan fingerprint density at radius 2 is 2.07 bits per heavy atom. The number of carbonyl (C=O) groups excluding carboxylic acids is 1. The minimum Gasteiger partial charge on any atom is -0.299 e. The van der Waals surface area contributed by atoms with E-state index in [9.17, 15) is 4.79 Å². The highest BCUT2D eigenvalue weighted by Crippen LogP contribution is 2.48. The van der Waals surface area contributed by atoms with E-state index in [0.29, 0.717) is 18.1 Å². The Kier molecular flexibility index (Phi) is 2.60. The highest BCUT2D eigenvalue weighted by molar-refractivity contribution is 6.30. The maximum atomic E-state index is 11.4. The number of Topliss-reactive ketones (excluding diaryl/α,β-unsaturated/α-hetero) is 1. The molecule has 2 rings (SSSR count). The second kappa shape index (κ2) is 3.74. The van der Waals surface area contributed by atoms with Crippen LogP contribution in [0, 0.1) is 5.92 Å². The van der Waals surface area contributed by atoms with E-state index >= 15 is 0 Å². The van der Waals surface area contributed by atoms with Gasteiger partial charge in [-0.2, -0.15) is 0 Å². The molecule has 1 fully saturated rings. The topological polar surface area (TPSA) is 17.1 Å². The fourth-order valence-corrected chi connectivity index (χ4v) is 2.02. The minimum absolute atomic E-state index is 0.279. The molecule has 1 aromatic carbocycles. The average molecular weight is 209 g/mol. The quantitative estimate of drug-likeness (QED) is 0.744. The smallest absolute Gasteiger partial charge is 0.136 e. The van der Waals surface area contributed by atoms with Crippen LogP contribution in [0.2, 0.25) is 5.02 Å². The van der Waals surface area contributed by atoms with E-state index in [1.807, 2.05) is 31.2 Å². The van der Waals surface area contributed by atoms with Crippen molar-refractivity contribution in [3.63, 3.8) is 0 Å². The van der Waals surface area contributed by atoms with Crippen LogP contribution in [0.3, 0.4) is 0 Å². The zero-order valence-corrected chi connectivity index (χ0v) is 8.92. The molecule has 1 saturated carbocycles. The van der Waals surface area contributed by atoms with Gasteiger partial charge in [-0.15, -0.1) is 0 Å². The minimum atomic E-state index is 0.279. The molecule has 0 saturated heterocycles. The van der Waals surface area contributed by atoms with Crippen LogP contribution in [0.4, 0.5) is 0 Å². The third-order valence-corrected chi connectivity index (χ3v) is 3.10. The van der Waals surface area contributed by atoms with Gasteiger partial charge in [-0.05, 0) is 30.0 Å². The molecule has 0 aromatic heterocycles. The Morgan fingerprint density at radius 1 is 1.43 bits per heavy atom. The lowest BCUT2D eigenvalue weighted by Crippen LogP contribution is -1.99. The van der Waals surface area contributed by atoms with Crippen LogP contribution in [0.15, 0.2) is 24.3 Å². The number of hydrogen-bond acceptors (Lipinski definition) is 1. The van der Waals surface area contributed by atoms with Crippen LogP contribution >= 0.6 is 11.6 Å². The van der Waals surface area contributed by atoms with Gasteiger partial charge in [0.15, 0.2) is 0 Å². The van der Waals surface area contributed by atoms with Gasteiger partial charge in [-0.25, -0.2) is 0 Å². The van der Waals surface area contributed by atoms with E-state index in [-0.39, 0.29) is 5.92 Å². The molecule has 1 aromatic rings. The molecule has 74 valence electrons. The first-order chi connectivity index (χ1) is 6.72. The van der Waals surface area contributed by atoms with Crippen molar-refractivity contribution in [3.05, 3.63) is 34.9 Å². The highest BCUT2D eigenvalue weighted by atomic mass is 35.5. The molecule has 2 unspecified atom stereocenters. The summed E-state index contributed by atoms with van der Waals surface area (Å²) in [5.41, 5.74) is 1.25. The van der Waals surface area contributed by atoms with Gasteiger partial charge in [0.2, 0.25) is 0 Å². The van der Waals surface area contributed by atoms with E-state index in [1.165, 1.54) is 5.56 Å². The third-order valence-electron chi connectivity index (χ3n) is 2.85. The summed E-state index contributed by atoms with van der Waals surface area (Å²) in [5.74, 6) is 1.13. The molecular weight excluding hydrogens is 196 g/mol. The fraction of sp³-hybridized carbons (Fsp3) is 0.417. The van der Waals surface area contributed by atoms with Crippen molar-refractivity contribution in [2.45, 2.75) is 25.7 Å². The molecule has 2 heteroatoms. The summed E-state index contributed by atoms with van der Waals surface area (Å²) in [7, 11) is 0. The molecule has 0 N–H and O–H groups in total. The third kappa shape index (κ3) is 1.83. The number of ketones is 1. The first-order valence-corrected chi connectivity index (χ1v) is 5.38. The summed E-state index contributed by atoms with van der Waals surface area (Å²) in [6, 6.07) is 7.83. The first kappa shape index (κ1) is 9.72. The zero-order chi connectivity index (χ0) is 10.1. The number of carbonyl (C=O) groups is 1. The van der Waals surface area contributed by atoms with Crippen molar-refractivity contribution in [3.8, 4) is 0 Å². The molecule has 1 aliphatic rings. The molecule has 0 heterocycles. The van der Waals surface area contributed by atoms with Crippen LogP contribution < -0.4 is 0 Å². The first-order valence-electron chi connectivity index (χ1n) is 5.00. The molecule has 0 radical (unpaired) electrons. The molecule has 1 nitrogen and oxygen atoms in total. The largest absolute Gasteiger partial charge is 0.299 e. The van der Waals surface area contributed by atoms with Gasteiger partial charge >= 0.3 is 0 Å². The Morgan fingerprint density at radius 3 is 2.64 bits per heavy atom. The summed E-state index contributed by atoms with van der Waals surface area (Å²) < 4.78 is 0. The number of halogens is 1. The van der Waals surface area contributed by atoms with Gasteiger partial charge in [0.05, 0.1) is 0 Å². The average Bonchev–Trinajstić information content (AvgIpc) is 2.98. The number of hydrogen-bond donors (Lipinski definition) is 0. The van der Waals surface area contributed by atoms with Crippen LogP contribution in [-0.4, -0.2) is 5.78 Å². The normalized spacial score (nSPS) is 24.7. The van der Waals surface area contributed by atoms with E-state index in [1.54, 1.807) is 0 Å². The highest BCUT2D eigenvalue weighted by Gasteiger charge is 2.42. The van der Waals surface area contributed by atoms with Crippen molar-refractivity contribution in [2.24, 2.45) is 5.92 Å². The monoisotopic (exact) mass is 208 g/mol. The molecule has 0 aliphatic heterocycles. The summed E-state index contributed by atoms with van der Waals surface area (Å²) in [4.78, 5) is 11.4. The lowest BCUT2D eigenvalue weighted by molar-refractivity contribution is -0.120.